The van der Waals surface area contributed by atoms with Crippen LogP contribution in [0, 0.1) is 17.0 Å². The van der Waals surface area contributed by atoms with E-state index in [-0.39, 0.29) is 18.1 Å². The summed E-state index contributed by atoms with van der Waals surface area (Å²) in [6, 6.07) is 13.9. The first-order chi connectivity index (χ1) is 10.1. The van der Waals surface area contributed by atoms with E-state index in [1.165, 1.54) is 18.2 Å². The number of nitrogens with zero attached hydrogens (tertiary/aromatic N) is 1. The van der Waals surface area contributed by atoms with Crippen molar-refractivity contribution in [2.24, 2.45) is 0 Å². The largest absolute Gasteiger partial charge is 0.427 e. The normalized spacial score (nSPS) is 10.1. The van der Waals surface area contributed by atoms with Crippen molar-refractivity contribution >= 4 is 11.7 Å². The average molecular weight is 285 g/mol. The second-order valence-corrected chi connectivity index (χ2v) is 4.67. The second kappa shape index (κ2) is 6.65. The predicted molar refractivity (Wildman–Crippen MR) is 78.2 cm³/mol. The second-order valence-electron chi connectivity index (χ2n) is 4.67. The molecule has 0 aliphatic heterocycles. The first-order valence-electron chi connectivity index (χ1n) is 6.56. The fourth-order valence-corrected chi connectivity index (χ4v) is 1.97. The minimum absolute atomic E-state index is 0.0130. The fourth-order valence-electron chi connectivity index (χ4n) is 1.97. The maximum absolute atomic E-state index is 11.8. The number of nitro groups is 1. The van der Waals surface area contributed by atoms with E-state index >= 15 is 0 Å². The molecule has 0 aromatic heterocycles. The van der Waals surface area contributed by atoms with Crippen molar-refractivity contribution in [2.75, 3.05) is 0 Å². The zero-order valence-corrected chi connectivity index (χ0v) is 11.6. The summed E-state index contributed by atoms with van der Waals surface area (Å²) >= 11 is 0. The number of carbonyl (C=O) groups is 1. The lowest BCUT2D eigenvalue weighted by Crippen LogP contribution is -2.09. The van der Waals surface area contributed by atoms with Crippen molar-refractivity contribution in [2.45, 2.75) is 19.8 Å². The van der Waals surface area contributed by atoms with Crippen molar-refractivity contribution in [3.8, 4) is 5.75 Å². The molecule has 2 rings (SSSR count). The molecule has 5 nitrogen and oxygen atoms in total. The van der Waals surface area contributed by atoms with Crippen molar-refractivity contribution in [1.29, 1.82) is 0 Å². The molecule has 0 amide bonds. The van der Waals surface area contributed by atoms with Gasteiger partial charge in [-0.2, -0.15) is 0 Å². The molecule has 2 aromatic rings. The van der Waals surface area contributed by atoms with Crippen LogP contribution >= 0.6 is 0 Å². The summed E-state index contributed by atoms with van der Waals surface area (Å²) in [6.45, 7) is 1.61. The molecule has 0 aliphatic rings. The van der Waals surface area contributed by atoms with Gasteiger partial charge in [0.05, 0.1) is 4.92 Å². The van der Waals surface area contributed by atoms with Crippen molar-refractivity contribution in [1.82, 2.24) is 0 Å². The van der Waals surface area contributed by atoms with Crippen LogP contribution < -0.4 is 4.74 Å². The van der Waals surface area contributed by atoms with Gasteiger partial charge in [-0.05, 0) is 31.0 Å². The average Bonchev–Trinajstić information content (AvgIpc) is 2.46. The Kier molecular flexibility index (Phi) is 4.66. The van der Waals surface area contributed by atoms with Gasteiger partial charge in [-0.25, -0.2) is 0 Å². The van der Waals surface area contributed by atoms with Gasteiger partial charge in [-0.3, -0.25) is 14.9 Å². The van der Waals surface area contributed by atoms with Crippen LogP contribution in [0.15, 0.2) is 48.5 Å². The predicted octanol–water partition coefficient (Wildman–Crippen LogP) is 3.44. The number of nitro benzene ring substituents is 1. The van der Waals surface area contributed by atoms with Gasteiger partial charge in [0, 0.05) is 18.1 Å². The number of hydrogen-bond acceptors (Lipinski definition) is 4. The lowest BCUT2D eigenvalue weighted by Gasteiger charge is -2.05. The Bertz CT molecular complexity index is 653. The molecule has 0 saturated heterocycles. The Labute approximate surface area is 122 Å². The van der Waals surface area contributed by atoms with Crippen molar-refractivity contribution < 1.29 is 14.5 Å². The van der Waals surface area contributed by atoms with Gasteiger partial charge in [0.1, 0.15) is 5.75 Å². The van der Waals surface area contributed by atoms with Crippen molar-refractivity contribution in [3.63, 3.8) is 0 Å². The van der Waals surface area contributed by atoms with Crippen LogP contribution in [0.25, 0.3) is 0 Å². The SMILES string of the molecule is Cc1cc(OC(=O)CCc2ccccc2)ccc1[N+](=O)[O-]. The number of benzene rings is 2. The molecule has 0 saturated carbocycles. The van der Waals surface area contributed by atoms with E-state index < -0.39 is 4.92 Å². The molecule has 21 heavy (non-hydrogen) atoms. The highest BCUT2D eigenvalue weighted by molar-refractivity contribution is 5.72. The minimum Gasteiger partial charge on any atom is -0.427 e. The molecule has 0 aliphatic carbocycles. The third-order valence-electron chi connectivity index (χ3n) is 3.06. The van der Waals surface area contributed by atoms with Gasteiger partial charge in [0.2, 0.25) is 0 Å². The van der Waals surface area contributed by atoms with Gasteiger partial charge in [0.25, 0.3) is 5.69 Å². The molecule has 0 spiro atoms. The van der Waals surface area contributed by atoms with E-state index in [1.54, 1.807) is 6.92 Å². The molecule has 2 aromatic carbocycles. The Morgan fingerprint density at radius 2 is 1.90 bits per heavy atom. The first kappa shape index (κ1) is 14.7. The van der Waals surface area contributed by atoms with E-state index in [4.69, 9.17) is 4.74 Å². The topological polar surface area (TPSA) is 69.4 Å². The van der Waals surface area contributed by atoms with Crippen LogP contribution in [-0.2, 0) is 11.2 Å². The number of ether oxygens (including phenoxy) is 1. The van der Waals surface area contributed by atoms with Crippen LogP contribution in [0.3, 0.4) is 0 Å². The van der Waals surface area contributed by atoms with Gasteiger partial charge < -0.3 is 4.74 Å². The van der Waals surface area contributed by atoms with E-state index in [0.29, 0.717) is 17.7 Å². The maximum Gasteiger partial charge on any atom is 0.311 e. The van der Waals surface area contributed by atoms with Gasteiger partial charge >= 0.3 is 5.97 Å². The summed E-state index contributed by atoms with van der Waals surface area (Å²) in [5, 5.41) is 10.7. The Hall–Kier alpha value is -2.69. The third-order valence-corrected chi connectivity index (χ3v) is 3.06. The monoisotopic (exact) mass is 285 g/mol. The molecule has 0 unspecified atom stereocenters. The molecule has 0 atom stereocenters. The summed E-state index contributed by atoms with van der Waals surface area (Å²) in [6.07, 6.45) is 0.867. The van der Waals surface area contributed by atoms with E-state index in [2.05, 4.69) is 0 Å². The summed E-state index contributed by atoms with van der Waals surface area (Å²) in [5.41, 5.74) is 1.54. The lowest BCUT2D eigenvalue weighted by molar-refractivity contribution is -0.385. The van der Waals surface area contributed by atoms with Crippen LogP contribution in [0.5, 0.6) is 5.75 Å². The van der Waals surface area contributed by atoms with Crippen LogP contribution in [0.1, 0.15) is 17.5 Å². The zero-order chi connectivity index (χ0) is 15.2. The highest BCUT2D eigenvalue weighted by Crippen LogP contribution is 2.23. The van der Waals surface area contributed by atoms with Crippen LogP contribution in [0.2, 0.25) is 0 Å². The number of hydrogen-bond donors (Lipinski definition) is 0. The highest BCUT2D eigenvalue weighted by atomic mass is 16.6. The molecule has 5 heteroatoms. The molecule has 0 fully saturated rings. The number of rotatable bonds is 5. The lowest BCUT2D eigenvalue weighted by atomic mass is 10.1. The number of esters is 1. The zero-order valence-electron chi connectivity index (χ0n) is 11.6. The molecular formula is C16H15NO4. The molecular weight excluding hydrogens is 270 g/mol. The summed E-state index contributed by atoms with van der Waals surface area (Å²) in [5.74, 6) is -0.0248. The molecule has 0 heterocycles. The highest BCUT2D eigenvalue weighted by Gasteiger charge is 2.12. The first-order valence-corrected chi connectivity index (χ1v) is 6.56. The standard InChI is InChI=1S/C16H15NO4/c1-12-11-14(8-9-15(12)17(19)20)21-16(18)10-7-13-5-3-2-4-6-13/h2-6,8-9,11H,7,10H2,1H3. The van der Waals surface area contributed by atoms with Crippen molar-refractivity contribution in [3.05, 3.63) is 69.8 Å². The summed E-state index contributed by atoms with van der Waals surface area (Å²) in [7, 11) is 0. The Morgan fingerprint density at radius 1 is 1.19 bits per heavy atom. The molecule has 108 valence electrons. The number of aryl methyl sites for hydroxylation is 2. The quantitative estimate of drug-likeness (QED) is 0.365. The maximum atomic E-state index is 11.8. The third kappa shape index (κ3) is 4.14. The molecule has 0 bridgehead atoms. The van der Waals surface area contributed by atoms with E-state index in [0.717, 1.165) is 5.56 Å². The summed E-state index contributed by atoms with van der Waals surface area (Å²) in [4.78, 5) is 22.0. The van der Waals surface area contributed by atoms with E-state index in [1.807, 2.05) is 30.3 Å². The Morgan fingerprint density at radius 3 is 2.52 bits per heavy atom. The van der Waals surface area contributed by atoms with E-state index in [9.17, 15) is 14.9 Å². The van der Waals surface area contributed by atoms with Gasteiger partial charge in [0.15, 0.2) is 0 Å². The minimum atomic E-state index is -0.462. The van der Waals surface area contributed by atoms with Crippen LogP contribution in [0.4, 0.5) is 5.69 Å². The number of carbonyl (C=O) groups excluding carboxylic acids is 1. The molecule has 0 N–H and O–H groups in total. The summed E-state index contributed by atoms with van der Waals surface area (Å²) < 4.78 is 5.19. The molecule has 0 radical (unpaired) electrons. The van der Waals surface area contributed by atoms with Crippen LogP contribution in [-0.4, -0.2) is 10.9 Å². The fraction of sp³-hybridized carbons (Fsp3) is 0.188. The van der Waals surface area contributed by atoms with Gasteiger partial charge in [-0.1, -0.05) is 30.3 Å². The smallest absolute Gasteiger partial charge is 0.311 e. The van der Waals surface area contributed by atoms with Gasteiger partial charge in [-0.15, -0.1) is 0 Å². The Balaban J connectivity index is 1.94.